The molecule has 100 valence electrons. The lowest BCUT2D eigenvalue weighted by Crippen LogP contribution is -2.13. The molecule has 0 amide bonds. The average molecular weight is 247 g/mol. The standard InChI is InChI=1S/C16H25NO/c1-3-5-6-13(4-2)10-17-16-8-7-14-11-18-12-15(14)9-16/h7-9,13,17H,3-6,10-12H2,1-2H3. The maximum atomic E-state index is 5.44. The van der Waals surface area contributed by atoms with E-state index in [0.29, 0.717) is 0 Å². The minimum absolute atomic E-state index is 0.776. The molecule has 1 aromatic rings. The van der Waals surface area contributed by atoms with E-state index in [9.17, 15) is 0 Å². The highest BCUT2D eigenvalue weighted by atomic mass is 16.5. The molecule has 0 fully saturated rings. The van der Waals surface area contributed by atoms with Crippen molar-refractivity contribution in [3.05, 3.63) is 29.3 Å². The van der Waals surface area contributed by atoms with Crippen LogP contribution in [0.1, 0.15) is 50.7 Å². The van der Waals surface area contributed by atoms with Crippen LogP contribution in [0.15, 0.2) is 18.2 Å². The molecule has 0 radical (unpaired) electrons. The van der Waals surface area contributed by atoms with E-state index in [1.807, 2.05) is 0 Å². The number of hydrogen-bond donors (Lipinski definition) is 1. The molecule has 1 aliphatic heterocycles. The second kappa shape index (κ2) is 6.79. The molecule has 18 heavy (non-hydrogen) atoms. The van der Waals surface area contributed by atoms with Crippen molar-refractivity contribution in [2.45, 2.75) is 52.7 Å². The quantitative estimate of drug-likeness (QED) is 0.773. The summed E-state index contributed by atoms with van der Waals surface area (Å²) in [4.78, 5) is 0. The van der Waals surface area contributed by atoms with Crippen LogP contribution in [-0.4, -0.2) is 6.54 Å². The fourth-order valence-electron chi connectivity index (χ4n) is 2.49. The van der Waals surface area contributed by atoms with Gasteiger partial charge < -0.3 is 10.1 Å². The highest BCUT2D eigenvalue weighted by Crippen LogP contribution is 2.23. The van der Waals surface area contributed by atoms with Crippen molar-refractivity contribution < 1.29 is 4.74 Å². The summed E-state index contributed by atoms with van der Waals surface area (Å²) in [7, 11) is 0. The Kier molecular flexibility index (Phi) is 5.06. The normalized spacial score (nSPS) is 15.4. The topological polar surface area (TPSA) is 21.3 Å². The third kappa shape index (κ3) is 3.49. The van der Waals surface area contributed by atoms with Crippen molar-refractivity contribution in [3.63, 3.8) is 0 Å². The lowest BCUT2D eigenvalue weighted by molar-refractivity contribution is 0.134. The summed E-state index contributed by atoms with van der Waals surface area (Å²) < 4.78 is 5.44. The van der Waals surface area contributed by atoms with Crippen molar-refractivity contribution in [3.8, 4) is 0 Å². The van der Waals surface area contributed by atoms with Crippen molar-refractivity contribution >= 4 is 5.69 Å². The molecule has 0 aromatic heterocycles. The molecule has 1 N–H and O–H groups in total. The van der Waals surface area contributed by atoms with E-state index >= 15 is 0 Å². The summed E-state index contributed by atoms with van der Waals surface area (Å²) in [5, 5.41) is 3.58. The van der Waals surface area contributed by atoms with Gasteiger partial charge in [0.05, 0.1) is 13.2 Å². The number of hydrogen-bond acceptors (Lipinski definition) is 2. The molecule has 0 bridgehead atoms. The molecule has 1 unspecified atom stereocenters. The van der Waals surface area contributed by atoms with E-state index in [-0.39, 0.29) is 0 Å². The third-order valence-corrected chi connectivity index (χ3v) is 3.86. The van der Waals surface area contributed by atoms with E-state index < -0.39 is 0 Å². The van der Waals surface area contributed by atoms with Gasteiger partial charge in [-0.15, -0.1) is 0 Å². The molecule has 0 saturated carbocycles. The Hall–Kier alpha value is -1.02. The van der Waals surface area contributed by atoms with Gasteiger partial charge in [0.1, 0.15) is 0 Å². The summed E-state index contributed by atoms with van der Waals surface area (Å²) in [6, 6.07) is 6.62. The van der Waals surface area contributed by atoms with Crippen LogP contribution >= 0.6 is 0 Å². The van der Waals surface area contributed by atoms with Gasteiger partial charge in [-0.1, -0.05) is 39.2 Å². The van der Waals surface area contributed by atoms with Crippen molar-refractivity contribution in [2.24, 2.45) is 5.92 Å². The van der Waals surface area contributed by atoms with Crippen LogP contribution < -0.4 is 5.32 Å². The highest BCUT2D eigenvalue weighted by Gasteiger charge is 2.11. The van der Waals surface area contributed by atoms with E-state index in [2.05, 4.69) is 37.4 Å². The minimum atomic E-state index is 0.776. The predicted octanol–water partition coefficient (Wildman–Crippen LogP) is 4.35. The number of nitrogens with one attached hydrogen (secondary N) is 1. The maximum absolute atomic E-state index is 5.44. The monoisotopic (exact) mass is 247 g/mol. The molecule has 2 nitrogen and oxygen atoms in total. The fourth-order valence-corrected chi connectivity index (χ4v) is 2.49. The van der Waals surface area contributed by atoms with Gasteiger partial charge >= 0.3 is 0 Å². The summed E-state index contributed by atoms with van der Waals surface area (Å²) in [5.74, 6) is 0.800. The Bertz CT molecular complexity index is 375. The Labute approximate surface area is 111 Å². The van der Waals surface area contributed by atoms with Gasteiger partial charge in [-0.2, -0.15) is 0 Å². The van der Waals surface area contributed by atoms with Crippen LogP contribution in [0.3, 0.4) is 0 Å². The molecule has 2 heteroatoms. The van der Waals surface area contributed by atoms with Crippen LogP contribution in [0.2, 0.25) is 0 Å². The molecule has 1 heterocycles. The van der Waals surface area contributed by atoms with E-state index in [1.165, 1.54) is 42.5 Å². The second-order valence-electron chi connectivity index (χ2n) is 5.27. The van der Waals surface area contributed by atoms with Crippen LogP contribution in [0.4, 0.5) is 5.69 Å². The van der Waals surface area contributed by atoms with E-state index in [4.69, 9.17) is 4.74 Å². The van der Waals surface area contributed by atoms with Gasteiger partial charge in [-0.05, 0) is 35.6 Å². The summed E-state index contributed by atoms with van der Waals surface area (Å²) in [6.07, 6.45) is 5.25. The SMILES string of the molecule is CCCCC(CC)CNc1ccc2c(c1)COC2. The van der Waals surface area contributed by atoms with Gasteiger partial charge in [0.25, 0.3) is 0 Å². The van der Waals surface area contributed by atoms with Crippen LogP contribution in [0.25, 0.3) is 0 Å². The van der Waals surface area contributed by atoms with Crippen LogP contribution in [0, 0.1) is 5.92 Å². The number of rotatable bonds is 7. The first kappa shape index (κ1) is 13.4. The summed E-state index contributed by atoms with van der Waals surface area (Å²) >= 11 is 0. The van der Waals surface area contributed by atoms with E-state index in [0.717, 1.165) is 25.7 Å². The van der Waals surface area contributed by atoms with Gasteiger partial charge in [-0.3, -0.25) is 0 Å². The molecular formula is C16H25NO. The first-order valence-electron chi connectivity index (χ1n) is 7.27. The number of fused-ring (bicyclic) bond motifs is 1. The van der Waals surface area contributed by atoms with Gasteiger partial charge in [0, 0.05) is 12.2 Å². The lowest BCUT2D eigenvalue weighted by atomic mass is 9.99. The Morgan fingerprint density at radius 3 is 2.83 bits per heavy atom. The first-order valence-corrected chi connectivity index (χ1v) is 7.27. The van der Waals surface area contributed by atoms with Crippen LogP contribution in [-0.2, 0) is 18.0 Å². The fraction of sp³-hybridized carbons (Fsp3) is 0.625. The Morgan fingerprint density at radius 1 is 1.22 bits per heavy atom. The van der Waals surface area contributed by atoms with Gasteiger partial charge in [0.15, 0.2) is 0 Å². The zero-order valence-electron chi connectivity index (χ0n) is 11.7. The highest BCUT2D eigenvalue weighted by molar-refractivity contribution is 5.49. The maximum Gasteiger partial charge on any atom is 0.0725 e. The minimum Gasteiger partial charge on any atom is -0.385 e. The molecular weight excluding hydrogens is 222 g/mol. The van der Waals surface area contributed by atoms with Gasteiger partial charge in [-0.25, -0.2) is 0 Å². The van der Waals surface area contributed by atoms with Crippen molar-refractivity contribution in [1.29, 1.82) is 0 Å². The number of ether oxygens (including phenoxy) is 1. The molecule has 1 atom stereocenters. The first-order chi connectivity index (χ1) is 8.83. The molecule has 0 aliphatic carbocycles. The zero-order valence-corrected chi connectivity index (χ0v) is 11.7. The molecule has 1 aliphatic rings. The third-order valence-electron chi connectivity index (χ3n) is 3.86. The lowest BCUT2D eigenvalue weighted by Gasteiger charge is -2.16. The Balaban J connectivity index is 1.85. The zero-order chi connectivity index (χ0) is 12.8. The van der Waals surface area contributed by atoms with E-state index in [1.54, 1.807) is 0 Å². The van der Waals surface area contributed by atoms with Gasteiger partial charge in [0.2, 0.25) is 0 Å². The molecule has 0 saturated heterocycles. The predicted molar refractivity (Wildman–Crippen MR) is 76.7 cm³/mol. The molecule has 2 rings (SSSR count). The largest absolute Gasteiger partial charge is 0.385 e. The smallest absolute Gasteiger partial charge is 0.0725 e. The molecule has 1 aromatic carbocycles. The second-order valence-corrected chi connectivity index (χ2v) is 5.27. The Morgan fingerprint density at radius 2 is 2.06 bits per heavy atom. The van der Waals surface area contributed by atoms with Crippen LogP contribution in [0.5, 0.6) is 0 Å². The van der Waals surface area contributed by atoms with Crippen molar-refractivity contribution in [1.82, 2.24) is 0 Å². The number of benzene rings is 1. The average Bonchev–Trinajstić information content (AvgIpc) is 2.86. The molecule has 0 spiro atoms. The van der Waals surface area contributed by atoms with Crippen molar-refractivity contribution in [2.75, 3.05) is 11.9 Å². The number of anilines is 1. The number of unbranched alkanes of at least 4 members (excludes halogenated alkanes) is 1. The summed E-state index contributed by atoms with van der Waals surface area (Å²) in [6.45, 7) is 7.21. The summed E-state index contributed by atoms with van der Waals surface area (Å²) in [5.41, 5.74) is 3.94.